The number of amides is 1. The van der Waals surface area contributed by atoms with E-state index in [4.69, 9.17) is 4.74 Å². The summed E-state index contributed by atoms with van der Waals surface area (Å²) in [6.45, 7) is 6.25. The molecule has 1 amide bonds. The van der Waals surface area contributed by atoms with E-state index in [2.05, 4.69) is 10.5 Å². The summed E-state index contributed by atoms with van der Waals surface area (Å²) in [5, 5.41) is 5.06. The first kappa shape index (κ1) is 20.3. The standard InChI is InChI=1S/C23H25N3O3/c1-4-29-23(28)15-26-14-19(20-7-5-6-8-21(20)26)13-24-25-22(27)12-18-11-16(2)9-10-17(18)3/h5-11,13-14H,4,12,15H2,1-3H3,(H,25,27)/b24-13-. The van der Waals surface area contributed by atoms with E-state index in [1.165, 1.54) is 0 Å². The number of carbonyl (C=O) groups excluding carboxylic acids is 2. The highest BCUT2D eigenvalue weighted by Crippen LogP contribution is 2.20. The van der Waals surface area contributed by atoms with Gasteiger partial charge in [-0.2, -0.15) is 5.10 Å². The van der Waals surface area contributed by atoms with Crippen molar-refractivity contribution in [2.45, 2.75) is 33.7 Å². The number of fused-ring (bicyclic) bond motifs is 1. The smallest absolute Gasteiger partial charge is 0.325 e. The molecule has 0 fully saturated rings. The lowest BCUT2D eigenvalue weighted by Crippen LogP contribution is -2.20. The van der Waals surface area contributed by atoms with Crippen molar-refractivity contribution >= 4 is 29.0 Å². The lowest BCUT2D eigenvalue weighted by molar-refractivity contribution is -0.143. The average molecular weight is 391 g/mol. The molecule has 0 atom stereocenters. The number of carbonyl (C=O) groups is 2. The first-order chi connectivity index (χ1) is 14.0. The molecule has 0 saturated carbocycles. The normalized spacial score (nSPS) is 11.1. The number of nitrogens with zero attached hydrogens (tertiary/aromatic N) is 2. The number of ether oxygens (including phenoxy) is 1. The van der Waals surface area contributed by atoms with Crippen LogP contribution < -0.4 is 5.43 Å². The van der Waals surface area contributed by atoms with Gasteiger partial charge in [-0.3, -0.25) is 9.59 Å². The molecule has 0 aliphatic rings. The monoisotopic (exact) mass is 391 g/mol. The minimum atomic E-state index is -0.293. The summed E-state index contributed by atoms with van der Waals surface area (Å²) in [5.74, 6) is -0.469. The van der Waals surface area contributed by atoms with Crippen molar-refractivity contribution in [2.24, 2.45) is 5.10 Å². The van der Waals surface area contributed by atoms with E-state index in [0.717, 1.165) is 33.2 Å². The predicted molar refractivity (Wildman–Crippen MR) is 114 cm³/mol. The SMILES string of the molecule is CCOC(=O)Cn1cc(/C=N\NC(=O)Cc2cc(C)ccc2C)c2ccccc21. The molecule has 3 aromatic rings. The number of esters is 1. The third-order valence-electron chi connectivity index (χ3n) is 4.67. The molecule has 150 valence electrons. The molecule has 0 unspecified atom stereocenters. The Balaban J connectivity index is 1.72. The second-order valence-corrected chi connectivity index (χ2v) is 6.93. The molecule has 2 aromatic carbocycles. The van der Waals surface area contributed by atoms with Gasteiger partial charge in [-0.15, -0.1) is 0 Å². The number of benzene rings is 2. The number of nitrogens with one attached hydrogen (secondary N) is 1. The van der Waals surface area contributed by atoms with Gasteiger partial charge in [0, 0.05) is 22.7 Å². The number of aromatic nitrogens is 1. The van der Waals surface area contributed by atoms with Gasteiger partial charge in [0.2, 0.25) is 5.91 Å². The van der Waals surface area contributed by atoms with Gasteiger partial charge in [0.15, 0.2) is 0 Å². The maximum atomic E-state index is 12.3. The molecular formula is C23H25N3O3. The van der Waals surface area contributed by atoms with Gasteiger partial charge in [0.25, 0.3) is 0 Å². The van der Waals surface area contributed by atoms with E-state index in [0.29, 0.717) is 6.61 Å². The topological polar surface area (TPSA) is 72.7 Å². The molecule has 6 heteroatoms. The third-order valence-corrected chi connectivity index (χ3v) is 4.67. The number of hydrogen-bond acceptors (Lipinski definition) is 4. The van der Waals surface area contributed by atoms with Crippen LogP contribution in [0.25, 0.3) is 10.9 Å². The van der Waals surface area contributed by atoms with Crippen LogP contribution in [-0.2, 0) is 27.3 Å². The van der Waals surface area contributed by atoms with Crippen LogP contribution in [0.3, 0.4) is 0 Å². The summed E-state index contributed by atoms with van der Waals surface area (Å²) in [6, 6.07) is 13.8. The van der Waals surface area contributed by atoms with Gasteiger partial charge < -0.3 is 9.30 Å². The molecule has 29 heavy (non-hydrogen) atoms. The Labute approximate surface area is 170 Å². The minimum Gasteiger partial charge on any atom is -0.465 e. The summed E-state index contributed by atoms with van der Waals surface area (Å²) < 4.78 is 6.87. The van der Waals surface area contributed by atoms with Crippen molar-refractivity contribution in [3.8, 4) is 0 Å². The predicted octanol–water partition coefficient (Wildman–Crippen LogP) is 3.51. The molecule has 0 bridgehead atoms. The van der Waals surface area contributed by atoms with Crippen LogP contribution in [-0.4, -0.2) is 29.3 Å². The van der Waals surface area contributed by atoms with E-state index in [9.17, 15) is 9.59 Å². The molecular weight excluding hydrogens is 366 g/mol. The fourth-order valence-electron chi connectivity index (χ4n) is 3.23. The molecule has 6 nitrogen and oxygen atoms in total. The molecule has 1 heterocycles. The zero-order valence-electron chi connectivity index (χ0n) is 16.9. The Kier molecular flexibility index (Phi) is 6.44. The van der Waals surface area contributed by atoms with Crippen LogP contribution in [0.1, 0.15) is 29.2 Å². The molecule has 3 rings (SSSR count). The van der Waals surface area contributed by atoms with Crippen molar-refractivity contribution in [3.05, 3.63) is 70.9 Å². The fourth-order valence-corrected chi connectivity index (χ4v) is 3.23. The van der Waals surface area contributed by atoms with E-state index < -0.39 is 0 Å². The van der Waals surface area contributed by atoms with Crippen LogP contribution in [0, 0.1) is 13.8 Å². The molecule has 1 aromatic heterocycles. The van der Waals surface area contributed by atoms with Crippen molar-refractivity contribution in [2.75, 3.05) is 6.61 Å². The number of aryl methyl sites for hydroxylation is 2. The second-order valence-electron chi connectivity index (χ2n) is 6.93. The zero-order valence-corrected chi connectivity index (χ0v) is 16.9. The van der Waals surface area contributed by atoms with Crippen molar-refractivity contribution in [1.29, 1.82) is 0 Å². The van der Waals surface area contributed by atoms with Gasteiger partial charge in [-0.05, 0) is 38.0 Å². The number of hydrogen-bond donors (Lipinski definition) is 1. The van der Waals surface area contributed by atoms with E-state index in [1.807, 2.05) is 67.1 Å². The Morgan fingerprint density at radius 2 is 1.97 bits per heavy atom. The first-order valence-electron chi connectivity index (χ1n) is 9.59. The summed E-state index contributed by atoms with van der Waals surface area (Å²) in [7, 11) is 0. The number of rotatable bonds is 7. The third kappa shape index (κ3) is 5.10. The van der Waals surface area contributed by atoms with E-state index in [-0.39, 0.29) is 24.8 Å². The Bertz CT molecular complexity index is 1070. The van der Waals surface area contributed by atoms with Gasteiger partial charge in [-0.25, -0.2) is 5.43 Å². The second kappa shape index (κ2) is 9.19. The highest BCUT2D eigenvalue weighted by molar-refractivity contribution is 6.00. The maximum Gasteiger partial charge on any atom is 0.325 e. The van der Waals surface area contributed by atoms with Crippen molar-refractivity contribution < 1.29 is 14.3 Å². The van der Waals surface area contributed by atoms with E-state index in [1.54, 1.807) is 13.1 Å². The lowest BCUT2D eigenvalue weighted by Gasteiger charge is -2.05. The number of hydrazone groups is 1. The molecule has 0 saturated heterocycles. The summed E-state index contributed by atoms with van der Waals surface area (Å²) in [5.41, 5.74) is 7.51. The van der Waals surface area contributed by atoms with Gasteiger partial charge in [-0.1, -0.05) is 42.0 Å². The average Bonchev–Trinajstić information content (AvgIpc) is 3.03. The van der Waals surface area contributed by atoms with Crippen LogP contribution in [0.4, 0.5) is 0 Å². The fraction of sp³-hybridized carbons (Fsp3) is 0.261. The quantitative estimate of drug-likeness (QED) is 0.381. The lowest BCUT2D eigenvalue weighted by atomic mass is 10.0. The number of para-hydroxylation sites is 1. The first-order valence-corrected chi connectivity index (χ1v) is 9.59. The van der Waals surface area contributed by atoms with Crippen molar-refractivity contribution in [3.63, 3.8) is 0 Å². The minimum absolute atomic E-state index is 0.126. The van der Waals surface area contributed by atoms with Crippen LogP contribution >= 0.6 is 0 Å². The molecule has 1 N–H and O–H groups in total. The summed E-state index contributed by atoms with van der Waals surface area (Å²) in [4.78, 5) is 24.1. The Morgan fingerprint density at radius 3 is 2.76 bits per heavy atom. The Hall–Kier alpha value is -3.41. The molecule has 0 aliphatic heterocycles. The Morgan fingerprint density at radius 1 is 1.17 bits per heavy atom. The highest BCUT2D eigenvalue weighted by atomic mass is 16.5. The largest absolute Gasteiger partial charge is 0.465 e. The van der Waals surface area contributed by atoms with Gasteiger partial charge >= 0.3 is 5.97 Å². The van der Waals surface area contributed by atoms with Crippen LogP contribution in [0.15, 0.2) is 53.8 Å². The molecule has 0 aliphatic carbocycles. The zero-order chi connectivity index (χ0) is 20.8. The summed E-state index contributed by atoms with van der Waals surface area (Å²) in [6.07, 6.45) is 3.71. The summed E-state index contributed by atoms with van der Waals surface area (Å²) >= 11 is 0. The van der Waals surface area contributed by atoms with E-state index >= 15 is 0 Å². The van der Waals surface area contributed by atoms with Gasteiger partial charge in [0.1, 0.15) is 6.54 Å². The van der Waals surface area contributed by atoms with Gasteiger partial charge in [0.05, 0.1) is 19.2 Å². The maximum absolute atomic E-state index is 12.3. The molecule has 0 spiro atoms. The van der Waals surface area contributed by atoms with Crippen molar-refractivity contribution in [1.82, 2.24) is 9.99 Å². The molecule has 0 radical (unpaired) electrons. The highest BCUT2D eigenvalue weighted by Gasteiger charge is 2.11. The van der Waals surface area contributed by atoms with Crippen LogP contribution in [0.2, 0.25) is 0 Å². The van der Waals surface area contributed by atoms with Crippen LogP contribution in [0.5, 0.6) is 0 Å².